The maximum absolute atomic E-state index is 11.0. The molecule has 4 heteroatoms. The maximum atomic E-state index is 11.0. The first kappa shape index (κ1) is 12.7. The molecule has 1 N–H and O–H groups in total. The van der Waals surface area contributed by atoms with E-state index in [-0.39, 0.29) is 5.97 Å². The molecule has 0 amide bonds. The molecule has 98 valence electrons. The minimum Gasteiger partial charge on any atom is -0.490 e. The SMILES string of the molecule is COC(=O)CCCCc1ccc2c(c1)NCCO2. The van der Waals surface area contributed by atoms with Crippen LogP contribution in [0.25, 0.3) is 0 Å². The number of benzene rings is 1. The molecule has 0 spiro atoms. The van der Waals surface area contributed by atoms with E-state index in [2.05, 4.69) is 22.2 Å². The predicted octanol–water partition coefficient (Wildman–Crippen LogP) is 2.38. The van der Waals surface area contributed by atoms with Crippen molar-refractivity contribution in [2.75, 3.05) is 25.6 Å². The van der Waals surface area contributed by atoms with E-state index in [1.807, 2.05) is 6.07 Å². The average Bonchev–Trinajstić information content (AvgIpc) is 2.43. The molecule has 0 saturated carbocycles. The second-order valence-electron chi connectivity index (χ2n) is 4.39. The number of carbonyl (C=O) groups excluding carboxylic acids is 1. The highest BCUT2D eigenvalue weighted by atomic mass is 16.5. The number of methoxy groups -OCH3 is 1. The van der Waals surface area contributed by atoms with Crippen LogP contribution < -0.4 is 10.1 Å². The Hall–Kier alpha value is -1.71. The summed E-state index contributed by atoms with van der Waals surface area (Å²) in [7, 11) is 1.43. The van der Waals surface area contributed by atoms with Gasteiger partial charge in [0.15, 0.2) is 0 Å². The Morgan fingerprint density at radius 1 is 1.44 bits per heavy atom. The van der Waals surface area contributed by atoms with Crippen molar-refractivity contribution >= 4 is 11.7 Å². The number of aryl methyl sites for hydroxylation is 1. The summed E-state index contributed by atoms with van der Waals surface area (Å²) in [4.78, 5) is 11.0. The summed E-state index contributed by atoms with van der Waals surface area (Å²) < 4.78 is 10.1. The van der Waals surface area contributed by atoms with E-state index >= 15 is 0 Å². The van der Waals surface area contributed by atoms with Gasteiger partial charge in [-0.2, -0.15) is 0 Å². The average molecular weight is 249 g/mol. The molecule has 18 heavy (non-hydrogen) atoms. The van der Waals surface area contributed by atoms with Crippen LogP contribution in [0.4, 0.5) is 5.69 Å². The standard InChI is InChI=1S/C14H19NO3/c1-17-14(16)5-3-2-4-11-6-7-13-12(10-11)15-8-9-18-13/h6-7,10,15H,2-5,8-9H2,1H3. The third-order valence-corrected chi connectivity index (χ3v) is 3.04. The molecule has 2 rings (SSSR count). The Balaban J connectivity index is 1.81. The highest BCUT2D eigenvalue weighted by molar-refractivity contribution is 5.69. The lowest BCUT2D eigenvalue weighted by Crippen LogP contribution is -2.18. The molecule has 1 aromatic rings. The van der Waals surface area contributed by atoms with Crippen molar-refractivity contribution < 1.29 is 14.3 Å². The molecule has 0 aliphatic carbocycles. The fourth-order valence-electron chi connectivity index (χ4n) is 2.04. The van der Waals surface area contributed by atoms with Crippen LogP contribution >= 0.6 is 0 Å². The number of anilines is 1. The molecule has 0 bridgehead atoms. The lowest BCUT2D eigenvalue weighted by atomic mass is 10.1. The van der Waals surface area contributed by atoms with Gasteiger partial charge in [-0.25, -0.2) is 0 Å². The third kappa shape index (κ3) is 3.39. The zero-order chi connectivity index (χ0) is 12.8. The van der Waals surface area contributed by atoms with Crippen molar-refractivity contribution in [3.63, 3.8) is 0 Å². The largest absolute Gasteiger partial charge is 0.490 e. The highest BCUT2D eigenvalue weighted by Crippen LogP contribution is 2.28. The van der Waals surface area contributed by atoms with Crippen molar-refractivity contribution in [2.24, 2.45) is 0 Å². The lowest BCUT2D eigenvalue weighted by molar-refractivity contribution is -0.140. The molecule has 1 aliphatic rings. The molecule has 1 aromatic carbocycles. The van der Waals surface area contributed by atoms with Gasteiger partial charge in [-0.15, -0.1) is 0 Å². The highest BCUT2D eigenvalue weighted by Gasteiger charge is 2.09. The molecule has 0 saturated heterocycles. The second kappa shape index (κ2) is 6.28. The minimum atomic E-state index is -0.129. The van der Waals surface area contributed by atoms with E-state index in [4.69, 9.17) is 4.74 Å². The Morgan fingerprint density at radius 3 is 3.17 bits per heavy atom. The molecular weight excluding hydrogens is 230 g/mol. The third-order valence-electron chi connectivity index (χ3n) is 3.04. The second-order valence-corrected chi connectivity index (χ2v) is 4.39. The number of fused-ring (bicyclic) bond motifs is 1. The molecule has 0 aromatic heterocycles. The molecule has 1 aliphatic heterocycles. The van der Waals surface area contributed by atoms with Gasteiger partial charge in [-0.05, 0) is 37.0 Å². The van der Waals surface area contributed by atoms with Gasteiger partial charge in [-0.3, -0.25) is 4.79 Å². The quantitative estimate of drug-likeness (QED) is 0.643. The minimum absolute atomic E-state index is 0.129. The van der Waals surface area contributed by atoms with E-state index in [0.717, 1.165) is 43.9 Å². The normalized spacial score (nSPS) is 13.2. The van der Waals surface area contributed by atoms with Gasteiger partial charge in [0.1, 0.15) is 12.4 Å². The number of unbranched alkanes of at least 4 members (excludes halogenated alkanes) is 1. The topological polar surface area (TPSA) is 47.6 Å². The van der Waals surface area contributed by atoms with Gasteiger partial charge in [0.2, 0.25) is 0 Å². The number of hydrogen-bond donors (Lipinski definition) is 1. The first-order valence-corrected chi connectivity index (χ1v) is 6.36. The van der Waals surface area contributed by atoms with Crippen molar-refractivity contribution in [1.29, 1.82) is 0 Å². The van der Waals surface area contributed by atoms with Gasteiger partial charge < -0.3 is 14.8 Å². The van der Waals surface area contributed by atoms with Crippen LogP contribution in [0, 0.1) is 0 Å². The summed E-state index contributed by atoms with van der Waals surface area (Å²) in [6.45, 7) is 1.59. The molecule has 4 nitrogen and oxygen atoms in total. The van der Waals surface area contributed by atoms with Crippen LogP contribution in [0.3, 0.4) is 0 Å². The summed E-state index contributed by atoms with van der Waals surface area (Å²) in [6, 6.07) is 6.23. The summed E-state index contributed by atoms with van der Waals surface area (Å²) in [6.07, 6.45) is 3.34. The fourth-order valence-corrected chi connectivity index (χ4v) is 2.04. The lowest BCUT2D eigenvalue weighted by Gasteiger charge is -2.19. The summed E-state index contributed by atoms with van der Waals surface area (Å²) in [5.74, 6) is 0.801. The molecule has 0 radical (unpaired) electrons. The van der Waals surface area contributed by atoms with E-state index in [1.165, 1.54) is 12.7 Å². The Labute approximate surface area is 107 Å². The molecule has 0 fully saturated rings. The zero-order valence-electron chi connectivity index (χ0n) is 10.7. The fraction of sp³-hybridized carbons (Fsp3) is 0.500. The number of nitrogens with one attached hydrogen (secondary N) is 1. The van der Waals surface area contributed by atoms with Gasteiger partial charge in [0.25, 0.3) is 0 Å². The van der Waals surface area contributed by atoms with Crippen LogP contribution in [-0.4, -0.2) is 26.2 Å². The Bertz CT molecular complexity index is 418. The van der Waals surface area contributed by atoms with Gasteiger partial charge in [0.05, 0.1) is 12.8 Å². The van der Waals surface area contributed by atoms with Crippen LogP contribution in [0.5, 0.6) is 5.75 Å². The van der Waals surface area contributed by atoms with Crippen LogP contribution in [0.1, 0.15) is 24.8 Å². The smallest absolute Gasteiger partial charge is 0.305 e. The summed E-state index contributed by atoms with van der Waals surface area (Å²) in [5, 5.41) is 3.32. The number of esters is 1. The van der Waals surface area contributed by atoms with Gasteiger partial charge in [-0.1, -0.05) is 6.07 Å². The number of rotatable bonds is 5. The Morgan fingerprint density at radius 2 is 2.33 bits per heavy atom. The van der Waals surface area contributed by atoms with Gasteiger partial charge >= 0.3 is 5.97 Å². The summed E-state index contributed by atoms with van der Waals surface area (Å²) >= 11 is 0. The number of hydrogen-bond acceptors (Lipinski definition) is 4. The van der Waals surface area contributed by atoms with Crippen molar-refractivity contribution in [3.8, 4) is 5.75 Å². The number of ether oxygens (including phenoxy) is 2. The van der Waals surface area contributed by atoms with E-state index < -0.39 is 0 Å². The maximum Gasteiger partial charge on any atom is 0.305 e. The zero-order valence-corrected chi connectivity index (χ0v) is 10.7. The first-order valence-electron chi connectivity index (χ1n) is 6.36. The van der Waals surface area contributed by atoms with Crippen molar-refractivity contribution in [2.45, 2.75) is 25.7 Å². The van der Waals surface area contributed by atoms with Crippen LogP contribution in [0.2, 0.25) is 0 Å². The van der Waals surface area contributed by atoms with E-state index in [0.29, 0.717) is 6.42 Å². The van der Waals surface area contributed by atoms with Crippen molar-refractivity contribution in [1.82, 2.24) is 0 Å². The first-order chi connectivity index (χ1) is 8.79. The summed E-state index contributed by atoms with van der Waals surface area (Å²) in [5.41, 5.74) is 2.35. The molecular formula is C14H19NO3. The monoisotopic (exact) mass is 249 g/mol. The Kier molecular flexibility index (Phi) is 4.45. The molecule has 0 atom stereocenters. The van der Waals surface area contributed by atoms with E-state index in [1.54, 1.807) is 0 Å². The van der Waals surface area contributed by atoms with Gasteiger partial charge in [0, 0.05) is 13.0 Å². The predicted molar refractivity (Wildman–Crippen MR) is 70.0 cm³/mol. The van der Waals surface area contributed by atoms with Crippen LogP contribution in [0.15, 0.2) is 18.2 Å². The number of carbonyl (C=O) groups is 1. The van der Waals surface area contributed by atoms with Crippen molar-refractivity contribution in [3.05, 3.63) is 23.8 Å². The van der Waals surface area contributed by atoms with Crippen LogP contribution in [-0.2, 0) is 16.0 Å². The van der Waals surface area contributed by atoms with E-state index in [9.17, 15) is 4.79 Å². The molecule has 1 heterocycles. The molecule has 0 unspecified atom stereocenters.